The Bertz CT molecular complexity index is 1220. The topological polar surface area (TPSA) is 68.8 Å². The largest absolute Gasteiger partial charge is 0.495 e. The normalized spacial score (nSPS) is 16.3. The first-order valence-electron chi connectivity index (χ1n) is 10.3. The Morgan fingerprint density at radius 3 is 2.59 bits per heavy atom. The average Bonchev–Trinajstić information content (AvgIpc) is 3.17. The number of carbonyl (C=O) groups excluding carboxylic acids is 1. The molecule has 0 saturated carbocycles. The van der Waals surface area contributed by atoms with Gasteiger partial charge in [-0.15, -0.1) is 0 Å². The van der Waals surface area contributed by atoms with Crippen molar-refractivity contribution >= 4 is 57.0 Å². The Morgan fingerprint density at radius 1 is 1.09 bits per heavy atom. The van der Waals surface area contributed by atoms with E-state index < -0.39 is 0 Å². The summed E-state index contributed by atoms with van der Waals surface area (Å²) in [6, 6.07) is 18.9. The molecule has 0 bridgehead atoms. The Kier molecular flexibility index (Phi) is 7.92. The predicted molar refractivity (Wildman–Crippen MR) is 141 cm³/mol. The first-order valence-corrected chi connectivity index (χ1v) is 12.4. The number of benzene rings is 3. The van der Waals surface area contributed by atoms with Gasteiger partial charge in [-0.3, -0.25) is 4.79 Å². The molecule has 1 fully saturated rings. The average molecular weight is 562 g/mol. The molecule has 0 radical (unpaired) electrons. The van der Waals surface area contributed by atoms with Crippen molar-refractivity contribution in [3.8, 4) is 17.2 Å². The SMILES string of the molecule is COc1ccc(Cl)cc1NC1NC(=O)/C(=C/c2cc(Br)c(OCc3ccccc3)c(OC)c2)S1. The minimum Gasteiger partial charge on any atom is -0.495 e. The second-order valence-electron chi connectivity index (χ2n) is 7.28. The molecule has 1 aliphatic heterocycles. The highest BCUT2D eigenvalue weighted by molar-refractivity contribution is 9.10. The lowest BCUT2D eigenvalue weighted by Gasteiger charge is -2.16. The molecule has 0 aliphatic carbocycles. The first-order chi connectivity index (χ1) is 16.5. The Morgan fingerprint density at radius 2 is 1.85 bits per heavy atom. The van der Waals surface area contributed by atoms with E-state index in [1.165, 1.54) is 11.8 Å². The van der Waals surface area contributed by atoms with Crippen LogP contribution in [-0.2, 0) is 11.4 Å². The first kappa shape index (κ1) is 24.3. The zero-order valence-electron chi connectivity index (χ0n) is 18.4. The quantitative estimate of drug-likeness (QED) is 0.315. The number of rotatable bonds is 8. The molecule has 1 heterocycles. The van der Waals surface area contributed by atoms with Gasteiger partial charge in [0, 0.05) is 5.02 Å². The number of anilines is 1. The lowest BCUT2D eigenvalue weighted by molar-refractivity contribution is -0.116. The summed E-state index contributed by atoms with van der Waals surface area (Å²) in [5, 5.41) is 6.73. The van der Waals surface area contributed by atoms with Gasteiger partial charge in [0.2, 0.25) is 0 Å². The van der Waals surface area contributed by atoms with Gasteiger partial charge in [0.05, 0.1) is 29.3 Å². The Labute approximate surface area is 215 Å². The number of thioether (sulfide) groups is 1. The third kappa shape index (κ3) is 5.81. The number of amides is 1. The number of carbonyl (C=O) groups is 1. The molecule has 0 spiro atoms. The van der Waals surface area contributed by atoms with E-state index in [4.69, 9.17) is 25.8 Å². The van der Waals surface area contributed by atoms with Crippen molar-refractivity contribution in [2.24, 2.45) is 0 Å². The highest BCUT2D eigenvalue weighted by atomic mass is 79.9. The van der Waals surface area contributed by atoms with Crippen molar-refractivity contribution in [3.63, 3.8) is 0 Å². The van der Waals surface area contributed by atoms with E-state index in [-0.39, 0.29) is 11.4 Å². The Balaban J connectivity index is 1.50. The molecular weight excluding hydrogens is 540 g/mol. The number of hydrogen-bond acceptors (Lipinski definition) is 6. The molecule has 1 aliphatic rings. The van der Waals surface area contributed by atoms with Crippen LogP contribution in [0, 0.1) is 0 Å². The summed E-state index contributed by atoms with van der Waals surface area (Å²) in [4.78, 5) is 13.2. The van der Waals surface area contributed by atoms with E-state index in [9.17, 15) is 4.79 Å². The maximum atomic E-state index is 12.6. The third-order valence-electron chi connectivity index (χ3n) is 4.95. The summed E-state index contributed by atoms with van der Waals surface area (Å²) in [7, 11) is 3.17. The van der Waals surface area contributed by atoms with Crippen molar-refractivity contribution in [2.45, 2.75) is 12.1 Å². The maximum absolute atomic E-state index is 12.6. The summed E-state index contributed by atoms with van der Waals surface area (Å²) >= 11 is 11.1. The standard InChI is InChI=1S/C25H22BrClN2O4S/c1-31-20-9-8-17(27)13-19(20)28-25-29-24(30)22(34-25)12-16-10-18(26)23(21(11-16)32-2)33-14-15-6-4-3-5-7-15/h3-13,25,28H,14H2,1-2H3,(H,29,30)/b22-12-. The van der Waals surface area contributed by atoms with Crippen LogP contribution in [0.4, 0.5) is 5.69 Å². The smallest absolute Gasteiger partial charge is 0.260 e. The van der Waals surface area contributed by atoms with E-state index in [1.807, 2.05) is 48.5 Å². The summed E-state index contributed by atoms with van der Waals surface area (Å²) in [6.07, 6.45) is 1.81. The molecule has 34 heavy (non-hydrogen) atoms. The maximum Gasteiger partial charge on any atom is 0.260 e. The van der Waals surface area contributed by atoms with Gasteiger partial charge in [0.1, 0.15) is 12.4 Å². The minimum absolute atomic E-state index is 0.178. The molecule has 3 aromatic carbocycles. The van der Waals surface area contributed by atoms with E-state index in [1.54, 1.807) is 32.4 Å². The lowest BCUT2D eigenvalue weighted by atomic mass is 10.2. The summed E-state index contributed by atoms with van der Waals surface area (Å²) in [6.45, 7) is 0.412. The molecule has 6 nitrogen and oxygen atoms in total. The number of nitrogens with one attached hydrogen (secondary N) is 2. The number of methoxy groups -OCH3 is 2. The molecule has 3 aromatic rings. The zero-order chi connectivity index (χ0) is 24.1. The second-order valence-corrected chi connectivity index (χ2v) is 9.71. The van der Waals surface area contributed by atoms with Crippen molar-refractivity contribution in [1.82, 2.24) is 5.32 Å². The van der Waals surface area contributed by atoms with Gasteiger partial charge in [-0.05, 0) is 63.5 Å². The summed E-state index contributed by atoms with van der Waals surface area (Å²) < 4.78 is 17.7. The van der Waals surface area contributed by atoms with Crippen LogP contribution in [-0.4, -0.2) is 25.6 Å². The van der Waals surface area contributed by atoms with Crippen molar-refractivity contribution in [2.75, 3.05) is 19.5 Å². The van der Waals surface area contributed by atoms with E-state index in [0.29, 0.717) is 39.5 Å². The van der Waals surface area contributed by atoms with E-state index >= 15 is 0 Å². The molecule has 1 atom stereocenters. The van der Waals surface area contributed by atoms with Crippen molar-refractivity contribution in [3.05, 3.63) is 86.2 Å². The zero-order valence-corrected chi connectivity index (χ0v) is 21.6. The van der Waals surface area contributed by atoms with Crippen LogP contribution in [0.1, 0.15) is 11.1 Å². The summed E-state index contributed by atoms with van der Waals surface area (Å²) in [5.74, 6) is 1.63. The van der Waals surface area contributed by atoms with Crippen LogP contribution in [0.25, 0.3) is 6.08 Å². The second kappa shape index (κ2) is 11.1. The molecule has 2 N–H and O–H groups in total. The van der Waals surface area contributed by atoms with Gasteiger partial charge in [0.15, 0.2) is 17.0 Å². The molecule has 1 unspecified atom stereocenters. The lowest BCUT2D eigenvalue weighted by Crippen LogP contribution is -2.31. The van der Waals surface area contributed by atoms with Gasteiger partial charge >= 0.3 is 0 Å². The predicted octanol–water partition coefficient (Wildman–Crippen LogP) is 6.30. The van der Waals surface area contributed by atoms with E-state index in [2.05, 4.69) is 26.6 Å². The van der Waals surface area contributed by atoms with Crippen LogP contribution >= 0.6 is 39.3 Å². The van der Waals surface area contributed by atoms with Gasteiger partial charge in [0.25, 0.3) is 5.91 Å². The van der Waals surface area contributed by atoms with Crippen LogP contribution < -0.4 is 24.8 Å². The van der Waals surface area contributed by atoms with Gasteiger partial charge in [-0.2, -0.15) is 0 Å². The molecule has 1 saturated heterocycles. The third-order valence-corrected chi connectivity index (χ3v) is 6.81. The number of ether oxygens (including phenoxy) is 3. The molecule has 176 valence electrons. The van der Waals surface area contributed by atoms with Gasteiger partial charge < -0.3 is 24.8 Å². The molecular formula is C25H22BrClN2O4S. The summed E-state index contributed by atoms with van der Waals surface area (Å²) in [5.41, 5.74) is 2.18. The fourth-order valence-electron chi connectivity index (χ4n) is 3.34. The fourth-order valence-corrected chi connectivity index (χ4v) is 5.07. The highest BCUT2D eigenvalue weighted by Gasteiger charge is 2.28. The monoisotopic (exact) mass is 560 g/mol. The molecule has 1 amide bonds. The number of hydrogen-bond donors (Lipinski definition) is 2. The minimum atomic E-state index is -0.370. The highest BCUT2D eigenvalue weighted by Crippen LogP contribution is 2.39. The van der Waals surface area contributed by atoms with Gasteiger partial charge in [-0.1, -0.05) is 53.7 Å². The van der Waals surface area contributed by atoms with Crippen LogP contribution in [0.5, 0.6) is 17.2 Å². The van der Waals surface area contributed by atoms with E-state index in [0.717, 1.165) is 15.6 Å². The Hall–Kier alpha value is -2.81. The van der Waals surface area contributed by atoms with Crippen LogP contribution in [0.15, 0.2) is 70.0 Å². The van der Waals surface area contributed by atoms with Crippen molar-refractivity contribution in [1.29, 1.82) is 0 Å². The fraction of sp³-hybridized carbons (Fsp3) is 0.160. The molecule has 4 rings (SSSR count). The molecule has 0 aromatic heterocycles. The van der Waals surface area contributed by atoms with Crippen molar-refractivity contribution < 1.29 is 19.0 Å². The molecule has 9 heteroatoms. The number of halogens is 2. The van der Waals surface area contributed by atoms with Gasteiger partial charge in [-0.25, -0.2) is 0 Å². The van der Waals surface area contributed by atoms with Crippen LogP contribution in [0.2, 0.25) is 5.02 Å². The van der Waals surface area contributed by atoms with Crippen LogP contribution in [0.3, 0.4) is 0 Å².